The molecule has 1 aromatic carbocycles. The third kappa shape index (κ3) is 4.49. The predicted octanol–water partition coefficient (Wildman–Crippen LogP) is 2.13. The van der Waals surface area contributed by atoms with Gasteiger partial charge in [0.2, 0.25) is 15.9 Å². The molecule has 1 atom stereocenters. The smallest absolute Gasteiger partial charge is 0.252 e. The molecule has 2 aliphatic rings. The number of rotatable bonds is 5. The van der Waals surface area contributed by atoms with Gasteiger partial charge >= 0.3 is 0 Å². The normalized spacial score (nSPS) is 21.5. The number of sulfonamides is 2. The Hall–Kier alpha value is -1.79. The molecule has 0 bridgehead atoms. The molecule has 0 N–H and O–H groups in total. The molecule has 1 amide bonds. The number of carbonyl (C=O) groups excluding carboxylic acids is 1. The van der Waals surface area contributed by atoms with Crippen molar-refractivity contribution < 1.29 is 21.6 Å². The summed E-state index contributed by atoms with van der Waals surface area (Å²) in [5, 5.41) is 1.72. The largest absolute Gasteiger partial charge is 0.339 e. The highest BCUT2D eigenvalue weighted by molar-refractivity contribution is 7.91. The maximum Gasteiger partial charge on any atom is 0.252 e. The van der Waals surface area contributed by atoms with Gasteiger partial charge in [-0.1, -0.05) is 30.2 Å². The Morgan fingerprint density at radius 3 is 2.22 bits per heavy atom. The fourth-order valence-electron chi connectivity index (χ4n) is 4.18. The highest BCUT2D eigenvalue weighted by atomic mass is 32.2. The first-order valence-corrected chi connectivity index (χ1v) is 14.4. The lowest BCUT2D eigenvalue weighted by Crippen LogP contribution is -2.57. The number of hydrogen-bond donors (Lipinski definition) is 0. The Balaban J connectivity index is 1.48. The summed E-state index contributed by atoms with van der Waals surface area (Å²) in [7, 11) is -7.35. The van der Waals surface area contributed by atoms with Crippen molar-refractivity contribution in [3.63, 3.8) is 0 Å². The first-order chi connectivity index (χ1) is 15.2. The Labute approximate surface area is 193 Å². The van der Waals surface area contributed by atoms with Crippen LogP contribution in [0.15, 0.2) is 50.9 Å². The molecule has 0 aliphatic carbocycles. The number of nitrogens with zero attached hydrogens (tertiary/aromatic N) is 3. The van der Waals surface area contributed by atoms with E-state index in [1.54, 1.807) is 46.7 Å². The molecular weight excluding hydrogens is 470 g/mol. The fourth-order valence-corrected chi connectivity index (χ4v) is 8.40. The molecule has 11 heteroatoms. The van der Waals surface area contributed by atoms with Gasteiger partial charge in [-0.05, 0) is 43.3 Å². The molecule has 0 radical (unpaired) electrons. The topological polar surface area (TPSA) is 95.1 Å². The van der Waals surface area contributed by atoms with Crippen LogP contribution < -0.4 is 0 Å². The van der Waals surface area contributed by atoms with Crippen molar-refractivity contribution >= 4 is 37.3 Å². The van der Waals surface area contributed by atoms with E-state index in [2.05, 4.69) is 0 Å². The first-order valence-electron chi connectivity index (χ1n) is 10.6. The molecule has 8 nitrogen and oxygen atoms in total. The van der Waals surface area contributed by atoms with Crippen molar-refractivity contribution in [2.24, 2.45) is 0 Å². The molecule has 2 fully saturated rings. The number of amides is 1. The molecule has 2 aliphatic heterocycles. The van der Waals surface area contributed by atoms with Crippen LogP contribution in [0, 0.1) is 6.92 Å². The maximum absolute atomic E-state index is 13.3. The summed E-state index contributed by atoms with van der Waals surface area (Å²) in [6.45, 7) is 3.09. The number of piperazine rings is 1. The van der Waals surface area contributed by atoms with Crippen molar-refractivity contribution in [3.05, 3.63) is 47.3 Å². The van der Waals surface area contributed by atoms with Gasteiger partial charge in [-0.3, -0.25) is 4.79 Å². The van der Waals surface area contributed by atoms with Crippen molar-refractivity contribution in [3.8, 4) is 0 Å². The molecule has 1 unspecified atom stereocenters. The Morgan fingerprint density at radius 2 is 1.59 bits per heavy atom. The van der Waals surface area contributed by atoms with Gasteiger partial charge in [0.05, 0.1) is 4.90 Å². The molecule has 0 spiro atoms. The summed E-state index contributed by atoms with van der Waals surface area (Å²) in [6, 6.07) is 9.18. The van der Waals surface area contributed by atoms with Crippen LogP contribution in [0.1, 0.15) is 24.8 Å². The van der Waals surface area contributed by atoms with Gasteiger partial charge in [0, 0.05) is 32.7 Å². The number of thiophene rings is 1. The summed E-state index contributed by atoms with van der Waals surface area (Å²) in [5.41, 5.74) is 0.964. The number of benzene rings is 1. The van der Waals surface area contributed by atoms with Crippen LogP contribution in [-0.4, -0.2) is 75.0 Å². The molecule has 4 rings (SSSR count). The second-order valence-corrected chi connectivity index (χ2v) is 13.1. The van der Waals surface area contributed by atoms with Crippen molar-refractivity contribution in [1.29, 1.82) is 0 Å². The summed E-state index contributed by atoms with van der Waals surface area (Å²) < 4.78 is 55.0. The summed E-state index contributed by atoms with van der Waals surface area (Å²) in [4.78, 5) is 15.1. The van der Waals surface area contributed by atoms with Crippen molar-refractivity contribution in [2.45, 2.75) is 41.3 Å². The number of aryl methyl sites for hydroxylation is 1. The van der Waals surface area contributed by atoms with Gasteiger partial charge in [0.25, 0.3) is 10.0 Å². The molecule has 0 saturated carbocycles. The van der Waals surface area contributed by atoms with Gasteiger partial charge in [-0.2, -0.15) is 8.61 Å². The minimum Gasteiger partial charge on any atom is -0.339 e. The van der Waals surface area contributed by atoms with Gasteiger partial charge in [0.1, 0.15) is 10.3 Å². The van der Waals surface area contributed by atoms with E-state index >= 15 is 0 Å². The van der Waals surface area contributed by atoms with Crippen LogP contribution in [0.3, 0.4) is 0 Å². The van der Waals surface area contributed by atoms with Crippen LogP contribution in [-0.2, 0) is 24.8 Å². The van der Waals surface area contributed by atoms with E-state index in [1.165, 1.54) is 19.9 Å². The number of piperidine rings is 1. The van der Waals surface area contributed by atoms with Crippen LogP contribution in [0.2, 0.25) is 0 Å². The third-order valence-electron chi connectivity index (χ3n) is 6.01. The van der Waals surface area contributed by atoms with Gasteiger partial charge in [0.15, 0.2) is 0 Å². The van der Waals surface area contributed by atoms with Gasteiger partial charge in [-0.25, -0.2) is 16.8 Å². The van der Waals surface area contributed by atoms with E-state index in [0.717, 1.165) is 12.0 Å². The van der Waals surface area contributed by atoms with Crippen LogP contribution in [0.5, 0.6) is 0 Å². The number of hydrogen-bond acceptors (Lipinski definition) is 6. The molecule has 32 heavy (non-hydrogen) atoms. The predicted molar refractivity (Wildman–Crippen MR) is 122 cm³/mol. The van der Waals surface area contributed by atoms with Crippen LogP contribution in [0.4, 0.5) is 0 Å². The summed E-state index contributed by atoms with van der Waals surface area (Å²) in [6.07, 6.45) is 1.96. The van der Waals surface area contributed by atoms with Crippen molar-refractivity contribution in [2.75, 3.05) is 32.7 Å². The van der Waals surface area contributed by atoms with Crippen LogP contribution >= 0.6 is 11.3 Å². The zero-order valence-corrected chi connectivity index (χ0v) is 20.3. The Morgan fingerprint density at radius 1 is 0.906 bits per heavy atom. The second-order valence-electron chi connectivity index (χ2n) is 8.10. The zero-order valence-electron chi connectivity index (χ0n) is 17.9. The molecule has 1 aromatic heterocycles. The third-order valence-corrected chi connectivity index (χ3v) is 11.2. The van der Waals surface area contributed by atoms with E-state index in [4.69, 9.17) is 0 Å². The standard InChI is InChI=1S/C21H27N3O5S3/c1-17-7-9-18(10-8-17)31(26,27)24-11-3-2-5-19(24)21(25)22-12-14-23(15-13-22)32(28,29)20-6-4-16-30-20/h4,6-10,16,19H,2-3,5,11-15H2,1H3. The second kappa shape index (κ2) is 9.22. The van der Waals surface area contributed by atoms with E-state index in [-0.39, 0.29) is 37.0 Å². The molecule has 3 heterocycles. The van der Waals surface area contributed by atoms with Gasteiger partial charge in [-0.15, -0.1) is 11.3 Å². The lowest BCUT2D eigenvalue weighted by Gasteiger charge is -2.39. The molecule has 174 valence electrons. The van der Waals surface area contributed by atoms with E-state index in [1.807, 2.05) is 6.92 Å². The quantitative estimate of drug-likeness (QED) is 0.631. The molecule has 2 aromatic rings. The minimum atomic E-state index is -3.79. The Bertz CT molecular complexity index is 1150. The fraction of sp³-hybridized carbons (Fsp3) is 0.476. The van der Waals surface area contributed by atoms with E-state index < -0.39 is 26.1 Å². The number of carbonyl (C=O) groups is 1. The maximum atomic E-state index is 13.3. The minimum absolute atomic E-state index is 0.190. The zero-order chi connectivity index (χ0) is 22.9. The highest BCUT2D eigenvalue weighted by Crippen LogP contribution is 2.28. The first kappa shape index (κ1) is 23.4. The average molecular weight is 498 g/mol. The van der Waals surface area contributed by atoms with E-state index in [9.17, 15) is 21.6 Å². The summed E-state index contributed by atoms with van der Waals surface area (Å²) >= 11 is 1.17. The monoisotopic (exact) mass is 497 g/mol. The molecule has 2 saturated heterocycles. The lowest BCUT2D eigenvalue weighted by molar-refractivity contribution is -0.137. The highest BCUT2D eigenvalue weighted by Gasteiger charge is 2.41. The van der Waals surface area contributed by atoms with Crippen LogP contribution in [0.25, 0.3) is 0 Å². The lowest BCUT2D eigenvalue weighted by atomic mass is 10.0. The van der Waals surface area contributed by atoms with Gasteiger partial charge < -0.3 is 4.90 Å². The molecular formula is C21H27N3O5S3. The Kier molecular flexibility index (Phi) is 6.73. The summed E-state index contributed by atoms with van der Waals surface area (Å²) in [5.74, 6) is -0.242. The SMILES string of the molecule is Cc1ccc(S(=O)(=O)N2CCCCC2C(=O)N2CCN(S(=O)(=O)c3cccs3)CC2)cc1. The van der Waals surface area contributed by atoms with Crippen molar-refractivity contribution in [1.82, 2.24) is 13.5 Å². The average Bonchev–Trinajstić information content (AvgIpc) is 3.35. The van der Waals surface area contributed by atoms with E-state index in [0.29, 0.717) is 23.6 Å².